The lowest BCUT2D eigenvalue weighted by Crippen LogP contribution is -2.22. The minimum atomic E-state index is -0.560. The maximum Gasteiger partial charge on any atom is 0.339 e. The largest absolute Gasteiger partial charge is 0.465 e. The molecule has 3 N–H and O–H groups in total. The number of amides is 1. The molecule has 0 heterocycles. The number of methoxy groups -OCH3 is 1. The van der Waals surface area contributed by atoms with E-state index in [0.29, 0.717) is 11.6 Å². The molecule has 19 heavy (non-hydrogen) atoms. The number of carbonyl (C=O) groups excluding carboxylic acids is 2. The molecule has 6 nitrogen and oxygen atoms in total. The first-order valence-corrected chi connectivity index (χ1v) is 5.91. The number of halogens is 1. The van der Waals surface area contributed by atoms with E-state index in [-0.39, 0.29) is 24.5 Å². The van der Waals surface area contributed by atoms with Gasteiger partial charge in [-0.3, -0.25) is 4.79 Å². The molecule has 0 unspecified atom stereocenters. The van der Waals surface area contributed by atoms with Crippen LogP contribution in [0.4, 0.5) is 5.69 Å². The Labute approximate surface area is 115 Å². The van der Waals surface area contributed by atoms with Crippen molar-refractivity contribution in [2.24, 2.45) is 5.73 Å². The van der Waals surface area contributed by atoms with Gasteiger partial charge in [0, 0.05) is 11.6 Å². The van der Waals surface area contributed by atoms with Crippen LogP contribution in [-0.4, -0.2) is 38.7 Å². The number of rotatable bonds is 6. The molecule has 1 aromatic carbocycles. The number of hydrogen-bond acceptors (Lipinski definition) is 5. The molecule has 0 aliphatic heterocycles. The second-order valence-electron chi connectivity index (χ2n) is 3.57. The summed E-state index contributed by atoms with van der Waals surface area (Å²) in [4.78, 5) is 23.1. The summed E-state index contributed by atoms with van der Waals surface area (Å²) in [5.41, 5.74) is 5.73. The van der Waals surface area contributed by atoms with E-state index in [1.807, 2.05) is 0 Å². The topological polar surface area (TPSA) is 90.6 Å². The van der Waals surface area contributed by atoms with Crippen molar-refractivity contribution in [2.75, 3.05) is 32.2 Å². The molecule has 1 amide bonds. The van der Waals surface area contributed by atoms with Crippen molar-refractivity contribution < 1.29 is 19.1 Å². The first-order valence-electron chi connectivity index (χ1n) is 5.54. The van der Waals surface area contributed by atoms with Crippen LogP contribution in [0, 0.1) is 0 Å². The second-order valence-corrected chi connectivity index (χ2v) is 4.01. The maximum absolute atomic E-state index is 11.6. The molecule has 0 saturated carbocycles. The number of anilines is 1. The lowest BCUT2D eigenvalue weighted by atomic mass is 10.2. The molecule has 1 aromatic rings. The van der Waals surface area contributed by atoms with E-state index in [2.05, 4.69) is 10.1 Å². The molecule has 0 spiro atoms. The van der Waals surface area contributed by atoms with Gasteiger partial charge in [0.15, 0.2) is 0 Å². The second kappa shape index (κ2) is 7.73. The van der Waals surface area contributed by atoms with Crippen molar-refractivity contribution in [1.82, 2.24) is 0 Å². The Morgan fingerprint density at radius 1 is 1.42 bits per heavy atom. The van der Waals surface area contributed by atoms with Gasteiger partial charge < -0.3 is 20.5 Å². The molecule has 104 valence electrons. The fraction of sp³-hybridized carbons (Fsp3) is 0.333. The highest BCUT2D eigenvalue weighted by Gasteiger charge is 2.14. The monoisotopic (exact) mass is 286 g/mol. The summed E-state index contributed by atoms with van der Waals surface area (Å²) in [6.45, 7) is 0.467. The summed E-state index contributed by atoms with van der Waals surface area (Å²) in [6, 6.07) is 4.48. The van der Waals surface area contributed by atoms with Gasteiger partial charge in [-0.2, -0.15) is 0 Å². The van der Waals surface area contributed by atoms with Crippen LogP contribution < -0.4 is 11.1 Å². The Hall–Kier alpha value is -1.63. The number of nitrogens with two attached hydrogens (primary N) is 1. The van der Waals surface area contributed by atoms with Gasteiger partial charge in [-0.25, -0.2) is 4.79 Å². The molecular formula is C12H15ClN2O4. The number of ether oxygens (including phenoxy) is 2. The summed E-state index contributed by atoms with van der Waals surface area (Å²) in [5, 5.41) is 2.93. The van der Waals surface area contributed by atoms with Crippen LogP contribution >= 0.6 is 11.6 Å². The normalized spacial score (nSPS) is 10.1. The van der Waals surface area contributed by atoms with Crippen molar-refractivity contribution >= 4 is 29.2 Å². The van der Waals surface area contributed by atoms with Crippen molar-refractivity contribution in [2.45, 2.75) is 0 Å². The fourth-order valence-corrected chi connectivity index (χ4v) is 1.51. The molecule has 0 aliphatic rings. The molecule has 0 atom stereocenters. The van der Waals surface area contributed by atoms with Gasteiger partial charge in [0.05, 0.1) is 25.0 Å². The minimum absolute atomic E-state index is 0.148. The van der Waals surface area contributed by atoms with E-state index in [9.17, 15) is 9.59 Å². The van der Waals surface area contributed by atoms with Gasteiger partial charge in [-0.05, 0) is 18.2 Å². The van der Waals surface area contributed by atoms with E-state index in [0.717, 1.165) is 0 Å². The quantitative estimate of drug-likeness (QED) is 0.602. The van der Waals surface area contributed by atoms with Crippen LogP contribution in [0.25, 0.3) is 0 Å². The van der Waals surface area contributed by atoms with Gasteiger partial charge in [0.1, 0.15) is 6.61 Å². The van der Waals surface area contributed by atoms with Crippen LogP contribution in [0.5, 0.6) is 0 Å². The van der Waals surface area contributed by atoms with Crippen molar-refractivity contribution in [3.8, 4) is 0 Å². The standard InChI is InChI=1S/C12H15ClN2O4/c1-18-12(17)9-3-2-8(13)6-10(9)15-11(16)7-19-5-4-14/h2-3,6H,4-5,7,14H2,1H3,(H,15,16). The van der Waals surface area contributed by atoms with E-state index >= 15 is 0 Å². The Bertz CT molecular complexity index is 465. The number of nitrogens with one attached hydrogen (secondary N) is 1. The van der Waals surface area contributed by atoms with Gasteiger partial charge in [-0.1, -0.05) is 11.6 Å². The molecular weight excluding hydrogens is 272 g/mol. The van der Waals surface area contributed by atoms with Crippen molar-refractivity contribution in [3.63, 3.8) is 0 Å². The molecule has 0 bridgehead atoms. The zero-order valence-corrected chi connectivity index (χ0v) is 11.2. The van der Waals surface area contributed by atoms with E-state index in [1.165, 1.54) is 25.3 Å². The summed E-state index contributed by atoms with van der Waals surface area (Å²) < 4.78 is 9.60. The average Bonchev–Trinajstić information content (AvgIpc) is 2.38. The summed E-state index contributed by atoms with van der Waals surface area (Å²) >= 11 is 5.82. The fourth-order valence-electron chi connectivity index (χ4n) is 1.34. The molecule has 0 aromatic heterocycles. The predicted molar refractivity (Wildman–Crippen MR) is 71.3 cm³/mol. The average molecular weight is 287 g/mol. The Kier molecular flexibility index (Phi) is 6.27. The Morgan fingerprint density at radius 2 is 2.16 bits per heavy atom. The van der Waals surface area contributed by atoms with Gasteiger partial charge in [0.25, 0.3) is 0 Å². The highest BCUT2D eigenvalue weighted by atomic mass is 35.5. The van der Waals surface area contributed by atoms with Crippen molar-refractivity contribution in [1.29, 1.82) is 0 Å². The minimum Gasteiger partial charge on any atom is -0.465 e. The van der Waals surface area contributed by atoms with Crippen molar-refractivity contribution in [3.05, 3.63) is 28.8 Å². The number of carbonyl (C=O) groups is 2. The molecule has 0 radical (unpaired) electrons. The van der Waals surface area contributed by atoms with Crippen LogP contribution in [0.3, 0.4) is 0 Å². The smallest absolute Gasteiger partial charge is 0.339 e. The third-order valence-electron chi connectivity index (χ3n) is 2.16. The highest BCUT2D eigenvalue weighted by molar-refractivity contribution is 6.31. The van der Waals surface area contributed by atoms with E-state index in [1.54, 1.807) is 0 Å². The third-order valence-corrected chi connectivity index (χ3v) is 2.39. The number of esters is 1. The molecule has 7 heteroatoms. The summed E-state index contributed by atoms with van der Waals surface area (Å²) in [5.74, 6) is -0.962. The van der Waals surface area contributed by atoms with Gasteiger partial charge in [0.2, 0.25) is 5.91 Å². The van der Waals surface area contributed by atoms with Gasteiger partial charge >= 0.3 is 5.97 Å². The SMILES string of the molecule is COC(=O)c1ccc(Cl)cc1NC(=O)COCCN. The lowest BCUT2D eigenvalue weighted by molar-refractivity contribution is -0.120. The lowest BCUT2D eigenvalue weighted by Gasteiger charge is -2.10. The zero-order chi connectivity index (χ0) is 14.3. The number of hydrogen-bond donors (Lipinski definition) is 2. The first kappa shape index (κ1) is 15.4. The third kappa shape index (κ3) is 4.86. The summed E-state index contributed by atoms with van der Waals surface area (Å²) in [6.07, 6.45) is 0. The molecule has 0 aliphatic carbocycles. The van der Waals surface area contributed by atoms with Crippen LogP contribution in [0.2, 0.25) is 5.02 Å². The molecule has 0 fully saturated rings. The Morgan fingerprint density at radius 3 is 2.79 bits per heavy atom. The Balaban J connectivity index is 2.78. The summed E-state index contributed by atoms with van der Waals surface area (Å²) in [7, 11) is 1.26. The number of benzene rings is 1. The highest BCUT2D eigenvalue weighted by Crippen LogP contribution is 2.21. The molecule has 1 rings (SSSR count). The maximum atomic E-state index is 11.6. The predicted octanol–water partition coefficient (Wildman–Crippen LogP) is 1.04. The van der Waals surface area contributed by atoms with Crippen LogP contribution in [0.1, 0.15) is 10.4 Å². The molecule has 0 saturated heterocycles. The first-order chi connectivity index (χ1) is 9.08. The zero-order valence-electron chi connectivity index (χ0n) is 10.4. The van der Waals surface area contributed by atoms with E-state index in [4.69, 9.17) is 22.1 Å². The van der Waals surface area contributed by atoms with E-state index < -0.39 is 11.9 Å². The van der Waals surface area contributed by atoms with Crippen LogP contribution in [0.15, 0.2) is 18.2 Å². The van der Waals surface area contributed by atoms with Crippen LogP contribution in [-0.2, 0) is 14.3 Å². The van der Waals surface area contributed by atoms with Gasteiger partial charge in [-0.15, -0.1) is 0 Å².